The van der Waals surface area contributed by atoms with E-state index < -0.39 is 0 Å². The van der Waals surface area contributed by atoms with Crippen LogP contribution in [0.25, 0.3) is 0 Å². The molecule has 0 N–H and O–H groups in total. The third-order valence-electron chi connectivity index (χ3n) is 2.34. The average molecular weight is 285 g/mol. The maximum Gasteiger partial charge on any atom is 0.227 e. The molecule has 0 aliphatic rings. The fourth-order valence-corrected chi connectivity index (χ4v) is 1.80. The first-order chi connectivity index (χ1) is 8.60. The molecule has 0 aliphatic heterocycles. The summed E-state index contributed by atoms with van der Waals surface area (Å²) >= 11 is 11.4. The Hall–Kier alpha value is -1.45. The van der Waals surface area contributed by atoms with E-state index in [4.69, 9.17) is 32.4 Å². The number of aryl methyl sites for hydroxylation is 1. The highest BCUT2D eigenvalue weighted by Gasteiger charge is 2.07. The maximum absolute atomic E-state index is 11.7. The summed E-state index contributed by atoms with van der Waals surface area (Å²) in [6, 6.07) is 6.46. The van der Waals surface area contributed by atoms with Gasteiger partial charge in [0.15, 0.2) is 0 Å². The highest BCUT2D eigenvalue weighted by molar-refractivity contribution is 6.30. The number of alkyl halides is 1. The van der Waals surface area contributed by atoms with Crippen LogP contribution in [0.3, 0.4) is 0 Å². The van der Waals surface area contributed by atoms with Crippen molar-refractivity contribution in [2.24, 2.45) is 0 Å². The molecule has 0 saturated carbocycles. The molecule has 0 bridgehead atoms. The lowest BCUT2D eigenvalue weighted by Crippen LogP contribution is -2.04. The Morgan fingerprint density at radius 3 is 2.67 bits per heavy atom. The molecule has 0 spiro atoms. The minimum absolute atomic E-state index is 0.120. The minimum atomic E-state index is -0.272. The number of ether oxygens (including phenoxy) is 1. The van der Waals surface area contributed by atoms with E-state index in [9.17, 15) is 4.79 Å². The summed E-state index contributed by atoms with van der Waals surface area (Å²) in [6.45, 7) is 1.84. The van der Waals surface area contributed by atoms with E-state index in [1.54, 1.807) is 18.2 Å². The summed E-state index contributed by atoms with van der Waals surface area (Å²) in [5.74, 6) is 1.23. The van der Waals surface area contributed by atoms with Crippen molar-refractivity contribution in [2.75, 3.05) is 0 Å². The van der Waals surface area contributed by atoms with Crippen molar-refractivity contribution in [1.82, 2.24) is 0 Å². The summed E-state index contributed by atoms with van der Waals surface area (Å²) in [5.41, 5.74) is 0.564. The topological polar surface area (TPSA) is 39.4 Å². The average Bonchev–Trinajstić information content (AvgIpc) is 2.34. The fourth-order valence-electron chi connectivity index (χ4n) is 1.43. The van der Waals surface area contributed by atoms with E-state index in [-0.39, 0.29) is 17.1 Å². The van der Waals surface area contributed by atoms with Gasteiger partial charge in [-0.3, -0.25) is 4.79 Å². The van der Waals surface area contributed by atoms with Gasteiger partial charge in [0.2, 0.25) is 11.2 Å². The van der Waals surface area contributed by atoms with Gasteiger partial charge >= 0.3 is 0 Å². The van der Waals surface area contributed by atoms with Crippen LogP contribution in [0.15, 0.2) is 39.7 Å². The second kappa shape index (κ2) is 5.46. The number of rotatable bonds is 3. The Kier molecular flexibility index (Phi) is 3.94. The zero-order valence-electron chi connectivity index (χ0n) is 9.57. The first-order valence-corrected chi connectivity index (χ1v) is 6.13. The number of hydrogen-bond acceptors (Lipinski definition) is 3. The van der Waals surface area contributed by atoms with Crippen LogP contribution in [0.2, 0.25) is 5.02 Å². The number of halogens is 2. The van der Waals surface area contributed by atoms with E-state index in [1.807, 2.05) is 6.92 Å². The molecule has 2 rings (SSSR count). The van der Waals surface area contributed by atoms with Crippen molar-refractivity contribution in [1.29, 1.82) is 0 Å². The van der Waals surface area contributed by atoms with E-state index in [1.165, 1.54) is 12.3 Å². The summed E-state index contributed by atoms with van der Waals surface area (Å²) in [7, 11) is 0. The second-order valence-electron chi connectivity index (χ2n) is 3.72. The molecule has 0 aliphatic carbocycles. The monoisotopic (exact) mass is 284 g/mol. The van der Waals surface area contributed by atoms with Gasteiger partial charge in [0, 0.05) is 11.1 Å². The standard InChI is InChI=1S/C13H10Cl2O3/c1-8-4-9(15)2-3-12(8)18-13-7-17-10(6-14)5-11(13)16/h2-5,7H,6H2,1H3. The van der Waals surface area contributed by atoms with Crippen molar-refractivity contribution >= 4 is 23.2 Å². The molecule has 1 aromatic heterocycles. The molecular weight excluding hydrogens is 275 g/mol. The van der Waals surface area contributed by atoms with Crippen LogP contribution in [-0.4, -0.2) is 0 Å². The van der Waals surface area contributed by atoms with Gasteiger partial charge in [-0.1, -0.05) is 11.6 Å². The lowest BCUT2D eigenvalue weighted by atomic mass is 10.2. The van der Waals surface area contributed by atoms with Gasteiger partial charge in [0.25, 0.3) is 0 Å². The normalized spacial score (nSPS) is 10.4. The lowest BCUT2D eigenvalue weighted by Gasteiger charge is -2.07. The van der Waals surface area contributed by atoms with Crippen molar-refractivity contribution in [3.05, 3.63) is 57.1 Å². The zero-order chi connectivity index (χ0) is 13.1. The maximum atomic E-state index is 11.7. The minimum Gasteiger partial charge on any atom is -0.464 e. The second-order valence-corrected chi connectivity index (χ2v) is 4.42. The molecule has 1 aromatic carbocycles. The molecule has 18 heavy (non-hydrogen) atoms. The van der Waals surface area contributed by atoms with E-state index in [2.05, 4.69) is 0 Å². The third-order valence-corrected chi connectivity index (χ3v) is 2.84. The quantitative estimate of drug-likeness (QED) is 0.796. The summed E-state index contributed by atoms with van der Waals surface area (Å²) in [6.07, 6.45) is 1.26. The molecule has 5 heteroatoms. The van der Waals surface area contributed by atoms with Gasteiger partial charge < -0.3 is 9.15 Å². The van der Waals surface area contributed by atoms with Crippen LogP contribution >= 0.6 is 23.2 Å². The summed E-state index contributed by atoms with van der Waals surface area (Å²) in [5, 5.41) is 0.615. The van der Waals surface area contributed by atoms with Crippen molar-refractivity contribution in [2.45, 2.75) is 12.8 Å². The van der Waals surface area contributed by atoms with Crippen LogP contribution < -0.4 is 10.2 Å². The molecule has 3 nitrogen and oxygen atoms in total. The van der Waals surface area contributed by atoms with Gasteiger partial charge in [0.05, 0.1) is 5.88 Å². The molecule has 0 atom stereocenters. The van der Waals surface area contributed by atoms with Crippen LogP contribution in [0.5, 0.6) is 11.5 Å². The number of benzene rings is 1. The molecule has 1 heterocycles. The van der Waals surface area contributed by atoms with E-state index in [0.717, 1.165) is 5.56 Å². The van der Waals surface area contributed by atoms with Crippen molar-refractivity contribution < 1.29 is 9.15 Å². The van der Waals surface area contributed by atoms with Crippen LogP contribution in [0, 0.1) is 6.92 Å². The first-order valence-electron chi connectivity index (χ1n) is 5.22. The molecule has 0 saturated heterocycles. The predicted molar refractivity (Wildman–Crippen MR) is 70.8 cm³/mol. The summed E-state index contributed by atoms with van der Waals surface area (Å²) < 4.78 is 10.6. The van der Waals surface area contributed by atoms with E-state index in [0.29, 0.717) is 16.5 Å². The van der Waals surface area contributed by atoms with Crippen molar-refractivity contribution in [3.8, 4) is 11.5 Å². The zero-order valence-corrected chi connectivity index (χ0v) is 11.1. The van der Waals surface area contributed by atoms with Gasteiger partial charge in [-0.05, 0) is 30.7 Å². The van der Waals surface area contributed by atoms with Crippen LogP contribution in [0.1, 0.15) is 11.3 Å². The Morgan fingerprint density at radius 1 is 1.28 bits per heavy atom. The van der Waals surface area contributed by atoms with Gasteiger partial charge in [-0.15, -0.1) is 11.6 Å². The first kappa shape index (κ1) is 13.0. The Balaban J connectivity index is 2.31. The SMILES string of the molecule is Cc1cc(Cl)ccc1Oc1coc(CCl)cc1=O. The number of hydrogen-bond donors (Lipinski definition) is 0. The smallest absolute Gasteiger partial charge is 0.227 e. The van der Waals surface area contributed by atoms with Crippen LogP contribution in [0.4, 0.5) is 0 Å². The van der Waals surface area contributed by atoms with E-state index >= 15 is 0 Å². The molecule has 2 aromatic rings. The molecule has 94 valence electrons. The Labute approximate surface area is 114 Å². The molecule has 0 amide bonds. The van der Waals surface area contributed by atoms with Gasteiger partial charge in [-0.2, -0.15) is 0 Å². The fraction of sp³-hybridized carbons (Fsp3) is 0.154. The molecule has 0 fully saturated rings. The lowest BCUT2D eigenvalue weighted by molar-refractivity contribution is 0.425. The van der Waals surface area contributed by atoms with Gasteiger partial charge in [-0.25, -0.2) is 0 Å². The molecule has 0 radical (unpaired) electrons. The predicted octanol–water partition coefficient (Wildman–Crippen LogP) is 4.13. The van der Waals surface area contributed by atoms with Crippen LogP contribution in [-0.2, 0) is 5.88 Å². The summed E-state index contributed by atoms with van der Waals surface area (Å²) in [4.78, 5) is 11.7. The Morgan fingerprint density at radius 2 is 2.06 bits per heavy atom. The molecular formula is C13H10Cl2O3. The highest BCUT2D eigenvalue weighted by atomic mass is 35.5. The third kappa shape index (κ3) is 2.86. The van der Waals surface area contributed by atoms with Gasteiger partial charge in [0.1, 0.15) is 17.8 Å². The highest BCUT2D eigenvalue weighted by Crippen LogP contribution is 2.25. The molecule has 0 unspecified atom stereocenters. The van der Waals surface area contributed by atoms with Crippen molar-refractivity contribution in [3.63, 3.8) is 0 Å². The largest absolute Gasteiger partial charge is 0.464 e. The Bertz CT molecular complexity index is 620.